The zero-order chi connectivity index (χ0) is 13.7. The van der Waals surface area contributed by atoms with Crippen LogP contribution in [0.4, 0.5) is 5.69 Å². The van der Waals surface area contributed by atoms with Crippen LogP contribution in [0.15, 0.2) is 61.2 Å². The highest BCUT2D eigenvalue weighted by molar-refractivity contribution is 5.80. The van der Waals surface area contributed by atoms with Crippen molar-refractivity contribution in [2.75, 3.05) is 5.32 Å². The van der Waals surface area contributed by atoms with Crippen molar-refractivity contribution < 1.29 is 9.90 Å². The molecule has 0 saturated heterocycles. The van der Waals surface area contributed by atoms with Gasteiger partial charge in [0.2, 0.25) is 0 Å². The minimum atomic E-state index is -0.912. The molecule has 1 unspecified atom stereocenters. The van der Waals surface area contributed by atoms with Gasteiger partial charge in [-0.1, -0.05) is 61.2 Å². The number of carboxylic acids is 1. The predicted molar refractivity (Wildman–Crippen MR) is 77.0 cm³/mol. The van der Waals surface area contributed by atoms with Crippen LogP contribution in [-0.4, -0.2) is 11.1 Å². The maximum atomic E-state index is 11.4. The summed E-state index contributed by atoms with van der Waals surface area (Å²) in [6.45, 7) is 3.73. The number of anilines is 1. The summed E-state index contributed by atoms with van der Waals surface area (Å²) in [6.07, 6.45) is 1.70. The quantitative estimate of drug-likeness (QED) is 0.856. The fourth-order valence-corrected chi connectivity index (χ4v) is 1.90. The van der Waals surface area contributed by atoms with E-state index in [-0.39, 0.29) is 0 Å². The SMILES string of the molecule is C=Cc1ccccc1NC(C(=O)O)c1ccccc1. The fraction of sp³-hybridized carbons (Fsp3) is 0.0625. The Bertz CT molecular complexity index is 578. The van der Waals surface area contributed by atoms with Crippen LogP contribution in [0.2, 0.25) is 0 Å². The van der Waals surface area contributed by atoms with Crippen LogP contribution in [0.3, 0.4) is 0 Å². The Labute approximate surface area is 112 Å². The molecule has 2 aromatic rings. The van der Waals surface area contributed by atoms with Gasteiger partial charge in [-0.05, 0) is 17.2 Å². The summed E-state index contributed by atoms with van der Waals surface area (Å²) in [5.41, 5.74) is 2.35. The first kappa shape index (κ1) is 12.9. The van der Waals surface area contributed by atoms with Gasteiger partial charge in [-0.25, -0.2) is 4.79 Å². The molecule has 96 valence electrons. The predicted octanol–water partition coefficient (Wildman–Crippen LogP) is 3.57. The molecule has 0 aliphatic carbocycles. The lowest BCUT2D eigenvalue weighted by atomic mass is 10.1. The first-order valence-electron chi connectivity index (χ1n) is 5.98. The average Bonchev–Trinajstić information content (AvgIpc) is 2.45. The minimum absolute atomic E-state index is 0.717. The normalized spacial score (nSPS) is 11.6. The second-order valence-electron chi connectivity index (χ2n) is 4.12. The smallest absolute Gasteiger partial charge is 0.330 e. The van der Waals surface area contributed by atoms with Crippen LogP contribution >= 0.6 is 0 Å². The van der Waals surface area contributed by atoms with E-state index in [4.69, 9.17) is 0 Å². The highest BCUT2D eigenvalue weighted by Crippen LogP contribution is 2.23. The van der Waals surface area contributed by atoms with E-state index in [0.29, 0.717) is 5.56 Å². The van der Waals surface area contributed by atoms with Gasteiger partial charge in [0.1, 0.15) is 0 Å². The van der Waals surface area contributed by atoms with Crippen LogP contribution in [0, 0.1) is 0 Å². The van der Waals surface area contributed by atoms with Crippen LogP contribution in [0.1, 0.15) is 17.2 Å². The van der Waals surface area contributed by atoms with Crippen LogP contribution in [-0.2, 0) is 4.79 Å². The lowest BCUT2D eigenvalue weighted by Gasteiger charge is -2.17. The molecule has 0 bridgehead atoms. The summed E-state index contributed by atoms with van der Waals surface area (Å²) in [5, 5.41) is 12.4. The van der Waals surface area contributed by atoms with Crippen molar-refractivity contribution in [1.82, 2.24) is 0 Å². The molecule has 19 heavy (non-hydrogen) atoms. The van der Waals surface area contributed by atoms with E-state index in [1.807, 2.05) is 42.5 Å². The number of nitrogens with one attached hydrogen (secondary N) is 1. The molecule has 0 aliphatic heterocycles. The monoisotopic (exact) mass is 253 g/mol. The number of hydrogen-bond donors (Lipinski definition) is 2. The molecule has 0 radical (unpaired) electrons. The number of carboxylic acid groups (broad SMARTS) is 1. The third kappa shape index (κ3) is 3.01. The number of aliphatic carboxylic acids is 1. The van der Waals surface area contributed by atoms with E-state index in [0.717, 1.165) is 11.3 Å². The molecule has 0 aliphatic rings. The van der Waals surface area contributed by atoms with Crippen molar-refractivity contribution in [2.24, 2.45) is 0 Å². The van der Waals surface area contributed by atoms with Gasteiger partial charge in [0.15, 0.2) is 6.04 Å². The Morgan fingerprint density at radius 2 is 1.74 bits per heavy atom. The second-order valence-corrected chi connectivity index (χ2v) is 4.12. The van der Waals surface area contributed by atoms with Gasteiger partial charge in [-0.15, -0.1) is 0 Å². The summed E-state index contributed by atoms with van der Waals surface area (Å²) in [6, 6.07) is 15.8. The Kier molecular flexibility index (Phi) is 3.98. The molecule has 0 spiro atoms. The highest BCUT2D eigenvalue weighted by Gasteiger charge is 2.19. The molecular formula is C16H15NO2. The second kappa shape index (κ2) is 5.87. The fourth-order valence-electron chi connectivity index (χ4n) is 1.90. The van der Waals surface area contributed by atoms with E-state index in [1.165, 1.54) is 0 Å². The van der Waals surface area contributed by atoms with Crippen LogP contribution in [0.25, 0.3) is 6.08 Å². The topological polar surface area (TPSA) is 49.3 Å². The van der Waals surface area contributed by atoms with Gasteiger partial charge in [0, 0.05) is 5.69 Å². The summed E-state index contributed by atoms with van der Waals surface area (Å²) in [5.74, 6) is -0.912. The average molecular weight is 253 g/mol. The molecule has 3 nitrogen and oxygen atoms in total. The minimum Gasteiger partial charge on any atom is -0.479 e. The van der Waals surface area contributed by atoms with E-state index in [2.05, 4.69) is 11.9 Å². The first-order valence-corrected chi connectivity index (χ1v) is 5.98. The number of hydrogen-bond acceptors (Lipinski definition) is 2. The van der Waals surface area contributed by atoms with E-state index in [9.17, 15) is 9.90 Å². The Hall–Kier alpha value is -2.55. The molecule has 0 amide bonds. The highest BCUT2D eigenvalue weighted by atomic mass is 16.4. The largest absolute Gasteiger partial charge is 0.479 e. The van der Waals surface area contributed by atoms with E-state index >= 15 is 0 Å². The Balaban J connectivity index is 2.32. The molecule has 0 fully saturated rings. The van der Waals surface area contributed by atoms with Crippen molar-refractivity contribution in [2.45, 2.75) is 6.04 Å². The van der Waals surface area contributed by atoms with Crippen LogP contribution in [0.5, 0.6) is 0 Å². The van der Waals surface area contributed by atoms with Gasteiger partial charge in [-0.3, -0.25) is 0 Å². The number of rotatable bonds is 5. The third-order valence-corrected chi connectivity index (χ3v) is 2.86. The molecular weight excluding hydrogens is 238 g/mol. The summed E-state index contributed by atoms with van der Waals surface area (Å²) < 4.78 is 0. The van der Waals surface area contributed by atoms with Gasteiger partial charge in [0.25, 0.3) is 0 Å². The van der Waals surface area contributed by atoms with Crippen molar-refractivity contribution >= 4 is 17.7 Å². The first-order chi connectivity index (χ1) is 9.22. The molecule has 2 rings (SSSR count). The van der Waals surface area contributed by atoms with Gasteiger partial charge < -0.3 is 10.4 Å². The molecule has 0 heterocycles. The maximum Gasteiger partial charge on any atom is 0.330 e. The molecule has 0 aromatic heterocycles. The molecule has 2 aromatic carbocycles. The van der Waals surface area contributed by atoms with E-state index in [1.54, 1.807) is 18.2 Å². The lowest BCUT2D eigenvalue weighted by molar-refractivity contribution is -0.138. The van der Waals surface area contributed by atoms with Crippen LogP contribution < -0.4 is 5.32 Å². The van der Waals surface area contributed by atoms with Crippen molar-refractivity contribution in [1.29, 1.82) is 0 Å². The number of benzene rings is 2. The summed E-state index contributed by atoms with van der Waals surface area (Å²) in [7, 11) is 0. The molecule has 1 atom stereocenters. The Morgan fingerprint density at radius 3 is 2.37 bits per heavy atom. The Morgan fingerprint density at radius 1 is 1.11 bits per heavy atom. The van der Waals surface area contributed by atoms with Gasteiger partial charge in [-0.2, -0.15) is 0 Å². The maximum absolute atomic E-state index is 11.4. The molecule has 3 heteroatoms. The van der Waals surface area contributed by atoms with Gasteiger partial charge in [0.05, 0.1) is 0 Å². The van der Waals surface area contributed by atoms with Crippen molar-refractivity contribution in [3.05, 3.63) is 72.3 Å². The van der Waals surface area contributed by atoms with Crippen molar-refractivity contribution in [3.8, 4) is 0 Å². The molecule has 2 N–H and O–H groups in total. The number of para-hydroxylation sites is 1. The number of carbonyl (C=O) groups is 1. The van der Waals surface area contributed by atoms with Crippen molar-refractivity contribution in [3.63, 3.8) is 0 Å². The zero-order valence-electron chi connectivity index (χ0n) is 10.4. The lowest BCUT2D eigenvalue weighted by Crippen LogP contribution is -2.20. The summed E-state index contributed by atoms with van der Waals surface area (Å²) in [4.78, 5) is 11.4. The van der Waals surface area contributed by atoms with E-state index < -0.39 is 12.0 Å². The zero-order valence-corrected chi connectivity index (χ0v) is 10.4. The van der Waals surface area contributed by atoms with Gasteiger partial charge >= 0.3 is 5.97 Å². The standard InChI is InChI=1S/C16H15NO2/c1-2-12-8-6-7-11-14(12)17-15(16(18)19)13-9-4-3-5-10-13/h2-11,15,17H,1H2,(H,18,19). The summed E-state index contributed by atoms with van der Waals surface area (Å²) >= 11 is 0. The third-order valence-electron chi connectivity index (χ3n) is 2.86. The molecule has 0 saturated carbocycles.